The summed E-state index contributed by atoms with van der Waals surface area (Å²) in [6, 6.07) is 5.99. The zero-order chi connectivity index (χ0) is 17.7. The van der Waals surface area contributed by atoms with Crippen LogP contribution in [0.2, 0.25) is 0 Å². The SMILES string of the molecule is N#Cc1cc(-c2cc3n(n2)CCC32CN(Cc3ncc[nH]3)C2)cnc1N. The van der Waals surface area contributed by atoms with Gasteiger partial charge in [-0.1, -0.05) is 0 Å². The number of pyridine rings is 1. The van der Waals surface area contributed by atoms with Crippen LogP contribution in [0.5, 0.6) is 0 Å². The van der Waals surface area contributed by atoms with Crippen molar-refractivity contribution >= 4 is 5.82 Å². The van der Waals surface area contributed by atoms with Gasteiger partial charge in [0.1, 0.15) is 17.7 Å². The predicted molar refractivity (Wildman–Crippen MR) is 94.7 cm³/mol. The van der Waals surface area contributed by atoms with Crippen LogP contribution in [-0.4, -0.2) is 42.7 Å². The highest BCUT2D eigenvalue weighted by molar-refractivity contribution is 5.65. The number of hydrogen-bond acceptors (Lipinski definition) is 6. The van der Waals surface area contributed by atoms with Crippen molar-refractivity contribution in [2.24, 2.45) is 0 Å². The molecule has 0 aromatic carbocycles. The number of hydrogen-bond donors (Lipinski definition) is 2. The zero-order valence-corrected chi connectivity index (χ0v) is 14.2. The lowest BCUT2D eigenvalue weighted by Crippen LogP contribution is -2.57. The van der Waals surface area contributed by atoms with E-state index in [0.717, 1.165) is 49.7 Å². The van der Waals surface area contributed by atoms with E-state index >= 15 is 0 Å². The molecule has 1 spiro atoms. The quantitative estimate of drug-likeness (QED) is 0.739. The Morgan fingerprint density at radius 1 is 1.31 bits per heavy atom. The van der Waals surface area contributed by atoms with Crippen molar-refractivity contribution < 1.29 is 0 Å². The van der Waals surface area contributed by atoms with E-state index in [1.165, 1.54) is 5.69 Å². The molecule has 1 fully saturated rings. The second-order valence-electron chi connectivity index (χ2n) is 7.12. The monoisotopic (exact) mass is 346 g/mol. The average Bonchev–Trinajstić information content (AvgIpc) is 3.32. The van der Waals surface area contributed by atoms with Crippen molar-refractivity contribution in [1.82, 2.24) is 29.6 Å². The Labute approximate surface area is 150 Å². The van der Waals surface area contributed by atoms with Crippen molar-refractivity contribution in [3.63, 3.8) is 0 Å². The normalized spacial score (nSPS) is 17.8. The summed E-state index contributed by atoms with van der Waals surface area (Å²) in [5, 5.41) is 13.9. The second kappa shape index (κ2) is 5.41. The van der Waals surface area contributed by atoms with Crippen LogP contribution in [0.15, 0.2) is 30.7 Å². The number of nitrogens with two attached hydrogens (primary N) is 1. The first-order chi connectivity index (χ1) is 12.7. The standard InChI is InChI=1S/C18H18N8/c19-7-12-5-13(8-23-17(12)20)14-6-15-18(1-4-26(15)24-14)10-25(11-18)9-16-21-2-3-22-16/h2-3,5-6,8H,1,4,9-11H2,(H2,20,23)(H,21,22). The lowest BCUT2D eigenvalue weighted by molar-refractivity contribution is 0.0559. The van der Waals surface area contributed by atoms with Crippen molar-refractivity contribution in [2.75, 3.05) is 18.8 Å². The van der Waals surface area contributed by atoms with Gasteiger partial charge in [0.25, 0.3) is 0 Å². The summed E-state index contributed by atoms with van der Waals surface area (Å²) < 4.78 is 2.10. The molecule has 0 unspecified atom stereocenters. The topological polar surface area (TPSA) is 112 Å². The van der Waals surface area contributed by atoms with Crippen molar-refractivity contribution in [3.8, 4) is 17.3 Å². The highest BCUT2D eigenvalue weighted by atomic mass is 15.3. The Hall–Kier alpha value is -3.18. The number of nitrogens with one attached hydrogen (secondary N) is 1. The molecular formula is C18H18N8. The third-order valence-electron chi connectivity index (χ3n) is 5.44. The van der Waals surface area contributed by atoms with Crippen LogP contribution < -0.4 is 5.73 Å². The molecule has 0 amide bonds. The summed E-state index contributed by atoms with van der Waals surface area (Å²) in [5.74, 6) is 1.26. The molecule has 2 aliphatic rings. The molecule has 2 aliphatic heterocycles. The molecule has 5 heterocycles. The molecule has 1 saturated heterocycles. The van der Waals surface area contributed by atoms with E-state index < -0.39 is 0 Å². The van der Waals surface area contributed by atoms with Crippen LogP contribution in [0.25, 0.3) is 11.3 Å². The molecule has 3 aromatic rings. The number of H-pyrrole nitrogens is 1. The molecule has 8 heteroatoms. The summed E-state index contributed by atoms with van der Waals surface area (Å²) in [7, 11) is 0. The minimum atomic E-state index is 0.178. The molecule has 0 aliphatic carbocycles. The Morgan fingerprint density at radius 3 is 2.96 bits per heavy atom. The third kappa shape index (κ3) is 2.21. The second-order valence-corrected chi connectivity index (χ2v) is 7.12. The number of fused-ring (bicyclic) bond motifs is 2. The van der Waals surface area contributed by atoms with Crippen LogP contribution in [0.3, 0.4) is 0 Å². The summed E-state index contributed by atoms with van der Waals surface area (Å²) in [5.41, 5.74) is 9.25. The lowest BCUT2D eigenvalue weighted by Gasteiger charge is -2.47. The summed E-state index contributed by atoms with van der Waals surface area (Å²) >= 11 is 0. The number of aromatic amines is 1. The van der Waals surface area contributed by atoms with Crippen LogP contribution in [0.1, 0.15) is 23.5 Å². The maximum atomic E-state index is 9.16. The van der Waals surface area contributed by atoms with Gasteiger partial charge in [-0.15, -0.1) is 0 Å². The summed E-state index contributed by atoms with van der Waals surface area (Å²) in [4.78, 5) is 14.0. The number of rotatable bonds is 3. The number of imidazole rings is 1. The highest BCUT2D eigenvalue weighted by Gasteiger charge is 2.49. The fourth-order valence-corrected chi connectivity index (χ4v) is 4.15. The van der Waals surface area contributed by atoms with Crippen LogP contribution >= 0.6 is 0 Å². The van der Waals surface area contributed by atoms with Crippen molar-refractivity contribution in [1.29, 1.82) is 5.26 Å². The van der Waals surface area contributed by atoms with Gasteiger partial charge >= 0.3 is 0 Å². The lowest BCUT2D eigenvalue weighted by atomic mass is 9.76. The third-order valence-corrected chi connectivity index (χ3v) is 5.44. The summed E-state index contributed by atoms with van der Waals surface area (Å²) in [6.07, 6.45) is 6.45. The van der Waals surface area contributed by atoms with E-state index in [2.05, 4.69) is 36.7 Å². The Bertz CT molecular complexity index is 1000. The number of likely N-dealkylation sites (tertiary alicyclic amines) is 1. The highest BCUT2D eigenvalue weighted by Crippen LogP contribution is 2.44. The fraction of sp³-hybridized carbons (Fsp3) is 0.333. The molecule has 130 valence electrons. The molecule has 3 N–H and O–H groups in total. The van der Waals surface area contributed by atoms with E-state index in [9.17, 15) is 0 Å². The van der Waals surface area contributed by atoms with Gasteiger partial charge in [0, 0.05) is 54.9 Å². The largest absolute Gasteiger partial charge is 0.383 e. The molecule has 0 bridgehead atoms. The van der Waals surface area contributed by atoms with Crippen molar-refractivity contribution in [3.05, 3.63) is 47.8 Å². The molecule has 0 atom stereocenters. The predicted octanol–water partition coefficient (Wildman–Crippen LogP) is 1.28. The van der Waals surface area contributed by atoms with Crippen LogP contribution in [0, 0.1) is 11.3 Å². The fourth-order valence-electron chi connectivity index (χ4n) is 4.15. The average molecular weight is 346 g/mol. The van der Waals surface area contributed by atoms with E-state index in [1.807, 2.05) is 6.20 Å². The van der Waals surface area contributed by atoms with Gasteiger partial charge in [-0.05, 0) is 18.6 Å². The Balaban J connectivity index is 1.39. The smallest absolute Gasteiger partial charge is 0.141 e. The maximum absolute atomic E-state index is 9.16. The van der Waals surface area contributed by atoms with Gasteiger partial charge in [0.05, 0.1) is 17.8 Å². The molecule has 0 saturated carbocycles. The molecule has 3 aromatic heterocycles. The van der Waals surface area contributed by atoms with Gasteiger partial charge in [-0.2, -0.15) is 10.4 Å². The summed E-state index contributed by atoms with van der Waals surface area (Å²) in [6.45, 7) is 3.81. The van der Waals surface area contributed by atoms with E-state index in [-0.39, 0.29) is 11.2 Å². The van der Waals surface area contributed by atoms with Gasteiger partial charge in [0.15, 0.2) is 0 Å². The molecular weight excluding hydrogens is 328 g/mol. The van der Waals surface area contributed by atoms with E-state index in [1.54, 1.807) is 18.5 Å². The van der Waals surface area contributed by atoms with Crippen LogP contribution in [-0.2, 0) is 18.5 Å². The van der Waals surface area contributed by atoms with Gasteiger partial charge in [-0.3, -0.25) is 9.58 Å². The first kappa shape index (κ1) is 15.1. The van der Waals surface area contributed by atoms with Gasteiger partial charge < -0.3 is 10.7 Å². The minimum Gasteiger partial charge on any atom is -0.383 e. The first-order valence-electron chi connectivity index (χ1n) is 8.62. The Kier molecular flexibility index (Phi) is 3.14. The molecule has 26 heavy (non-hydrogen) atoms. The first-order valence-corrected chi connectivity index (χ1v) is 8.62. The zero-order valence-electron chi connectivity index (χ0n) is 14.2. The van der Waals surface area contributed by atoms with Gasteiger partial charge in [0.2, 0.25) is 0 Å². The van der Waals surface area contributed by atoms with Gasteiger partial charge in [-0.25, -0.2) is 9.97 Å². The maximum Gasteiger partial charge on any atom is 0.141 e. The minimum absolute atomic E-state index is 0.178. The number of anilines is 1. The molecule has 5 rings (SSSR count). The van der Waals surface area contributed by atoms with E-state index in [4.69, 9.17) is 16.1 Å². The molecule has 0 radical (unpaired) electrons. The molecule has 8 nitrogen and oxygen atoms in total. The number of nitriles is 1. The number of nitrogens with zero attached hydrogens (tertiary/aromatic N) is 6. The van der Waals surface area contributed by atoms with Crippen LogP contribution in [0.4, 0.5) is 5.82 Å². The number of nitrogen functional groups attached to an aromatic ring is 1. The number of aryl methyl sites for hydroxylation is 1. The van der Waals surface area contributed by atoms with Crippen molar-refractivity contribution in [2.45, 2.75) is 24.9 Å². The van der Waals surface area contributed by atoms with E-state index in [0.29, 0.717) is 5.56 Å². The number of aromatic nitrogens is 5. The Morgan fingerprint density at radius 2 is 2.19 bits per heavy atom.